The summed E-state index contributed by atoms with van der Waals surface area (Å²) in [5.41, 5.74) is 1.07. The molecular formula is C6H11Cl3S. The van der Waals surface area contributed by atoms with Crippen molar-refractivity contribution in [1.82, 2.24) is 0 Å². The van der Waals surface area contributed by atoms with Crippen LogP contribution in [-0.2, 0) is 0 Å². The van der Waals surface area contributed by atoms with E-state index in [1.165, 1.54) is 0 Å². The Morgan fingerprint density at radius 2 is 1.90 bits per heavy atom. The average Bonchev–Trinajstić information content (AvgIpc) is 1.60. The van der Waals surface area contributed by atoms with Crippen LogP contribution in [0.4, 0.5) is 0 Å². The van der Waals surface area contributed by atoms with Crippen LogP contribution >= 0.6 is 39.7 Å². The minimum atomic E-state index is -1.91. The van der Waals surface area contributed by atoms with Gasteiger partial charge in [-0.1, -0.05) is 19.1 Å². The van der Waals surface area contributed by atoms with Gasteiger partial charge in [-0.05, 0) is 52.6 Å². The van der Waals surface area contributed by atoms with E-state index in [0.29, 0.717) is 11.7 Å². The van der Waals surface area contributed by atoms with Gasteiger partial charge >= 0.3 is 0 Å². The Labute approximate surface area is 77.4 Å². The van der Waals surface area contributed by atoms with Gasteiger partial charge in [-0.3, -0.25) is 0 Å². The highest BCUT2D eigenvalue weighted by Crippen LogP contribution is 2.64. The van der Waals surface area contributed by atoms with E-state index in [1.807, 2.05) is 13.8 Å². The number of rotatable bonds is 3. The van der Waals surface area contributed by atoms with Crippen molar-refractivity contribution in [3.63, 3.8) is 0 Å². The molecule has 0 N–H and O–H groups in total. The number of allylic oxidation sites excluding steroid dienone is 1. The largest absolute Gasteiger partial charge is 0.0998 e. The molecule has 0 aliphatic rings. The number of hydrogen-bond acceptors (Lipinski definition) is 0. The topological polar surface area (TPSA) is 0 Å². The second-order valence-corrected chi connectivity index (χ2v) is 9.92. The van der Waals surface area contributed by atoms with Crippen LogP contribution < -0.4 is 0 Å². The molecule has 4 heteroatoms. The van der Waals surface area contributed by atoms with Gasteiger partial charge in [-0.15, -0.1) is 0 Å². The van der Waals surface area contributed by atoms with Crippen LogP contribution in [0.25, 0.3) is 0 Å². The third-order valence-electron chi connectivity index (χ3n) is 1.28. The predicted octanol–water partition coefficient (Wildman–Crippen LogP) is 4.46. The molecule has 0 aromatic heterocycles. The third kappa shape index (κ3) is 5.72. The molecule has 10 heavy (non-hydrogen) atoms. The molecule has 0 rings (SSSR count). The second kappa shape index (κ2) is 4.10. The molecule has 1 atom stereocenters. The van der Waals surface area contributed by atoms with Gasteiger partial charge in [-0.25, -0.2) is 0 Å². The van der Waals surface area contributed by atoms with Gasteiger partial charge in [0.25, 0.3) is 0 Å². The van der Waals surface area contributed by atoms with Crippen LogP contribution in [0, 0.1) is 5.92 Å². The molecule has 0 saturated heterocycles. The molecule has 62 valence electrons. The van der Waals surface area contributed by atoms with Crippen molar-refractivity contribution < 1.29 is 0 Å². The van der Waals surface area contributed by atoms with Crippen molar-refractivity contribution in [3.05, 3.63) is 12.2 Å². The van der Waals surface area contributed by atoms with Gasteiger partial charge in [0.15, 0.2) is 0 Å². The summed E-state index contributed by atoms with van der Waals surface area (Å²) in [5.74, 6) is 0.926. The van der Waals surface area contributed by atoms with Crippen LogP contribution in [0.1, 0.15) is 13.8 Å². The summed E-state index contributed by atoms with van der Waals surface area (Å²) in [6.45, 7) is 7.73. The first kappa shape index (κ1) is 11.0. The summed E-state index contributed by atoms with van der Waals surface area (Å²) in [4.78, 5) is 0. The molecule has 0 saturated carbocycles. The third-order valence-corrected chi connectivity index (χ3v) is 3.29. The monoisotopic (exact) mass is 220 g/mol. The molecular weight excluding hydrogens is 210 g/mol. The minimum absolute atomic E-state index is 0.308. The Morgan fingerprint density at radius 1 is 1.50 bits per heavy atom. The lowest BCUT2D eigenvalue weighted by Crippen LogP contribution is -2.01. The van der Waals surface area contributed by atoms with Gasteiger partial charge in [0.2, 0.25) is 0 Å². The Hall–Kier alpha value is 0.960. The maximum absolute atomic E-state index is 5.65. The first-order valence-corrected chi connectivity index (χ1v) is 7.16. The lowest BCUT2D eigenvalue weighted by Gasteiger charge is -2.20. The highest BCUT2D eigenvalue weighted by molar-refractivity contribution is 8.79. The molecule has 0 aliphatic heterocycles. The first-order chi connectivity index (χ1) is 4.33. The minimum Gasteiger partial charge on any atom is -0.0998 e. The predicted molar refractivity (Wildman–Crippen MR) is 54.0 cm³/mol. The zero-order valence-electron chi connectivity index (χ0n) is 6.03. The van der Waals surface area contributed by atoms with Gasteiger partial charge in [0, 0.05) is 5.75 Å². The molecule has 0 aromatic rings. The molecule has 0 fully saturated rings. The van der Waals surface area contributed by atoms with Gasteiger partial charge in [0.1, 0.15) is 0 Å². The van der Waals surface area contributed by atoms with E-state index in [-0.39, 0.29) is 0 Å². The fourth-order valence-electron chi connectivity index (χ4n) is 0.426. The van der Waals surface area contributed by atoms with Crippen LogP contribution in [0.3, 0.4) is 0 Å². The lowest BCUT2D eigenvalue weighted by molar-refractivity contribution is 0.787. The summed E-state index contributed by atoms with van der Waals surface area (Å²) in [6, 6.07) is 0. The quantitative estimate of drug-likeness (QED) is 0.617. The van der Waals surface area contributed by atoms with Gasteiger partial charge in [0.05, 0.1) is 0 Å². The Balaban J connectivity index is 3.80. The van der Waals surface area contributed by atoms with Crippen molar-refractivity contribution in [1.29, 1.82) is 0 Å². The fourth-order valence-corrected chi connectivity index (χ4v) is 2.98. The number of hydrogen-bond donors (Lipinski definition) is 0. The van der Waals surface area contributed by atoms with E-state index in [2.05, 4.69) is 6.58 Å². The Morgan fingerprint density at radius 3 is 2.00 bits per heavy atom. The number of halogens is 3. The van der Waals surface area contributed by atoms with E-state index >= 15 is 0 Å². The molecule has 0 aromatic carbocycles. The first-order valence-electron chi connectivity index (χ1n) is 2.88. The van der Waals surface area contributed by atoms with Gasteiger partial charge in [-0.2, -0.15) is 0 Å². The van der Waals surface area contributed by atoms with E-state index < -0.39 is 7.67 Å². The maximum Gasteiger partial charge on any atom is 0.0227 e. The summed E-state index contributed by atoms with van der Waals surface area (Å²) >= 11 is 0. The molecule has 1 unspecified atom stereocenters. The highest BCUT2D eigenvalue weighted by Gasteiger charge is 2.17. The highest BCUT2D eigenvalue weighted by atomic mass is 36.2. The summed E-state index contributed by atoms with van der Waals surface area (Å²) in [6.07, 6.45) is 0. The smallest absolute Gasteiger partial charge is 0.0227 e. The van der Waals surface area contributed by atoms with E-state index in [4.69, 9.17) is 32.0 Å². The van der Waals surface area contributed by atoms with E-state index in [0.717, 1.165) is 5.57 Å². The van der Waals surface area contributed by atoms with Gasteiger partial charge < -0.3 is 0 Å². The molecule has 0 bridgehead atoms. The van der Waals surface area contributed by atoms with Crippen molar-refractivity contribution in [2.75, 3.05) is 5.75 Å². The summed E-state index contributed by atoms with van der Waals surface area (Å²) in [5, 5.41) is 0. The molecule has 0 spiro atoms. The van der Waals surface area contributed by atoms with E-state index in [1.54, 1.807) is 0 Å². The summed E-state index contributed by atoms with van der Waals surface area (Å²) < 4.78 is 0. The van der Waals surface area contributed by atoms with Crippen molar-refractivity contribution in [2.45, 2.75) is 13.8 Å². The zero-order valence-corrected chi connectivity index (χ0v) is 9.12. The van der Waals surface area contributed by atoms with Crippen molar-refractivity contribution >= 4 is 39.7 Å². The second-order valence-electron chi connectivity index (χ2n) is 2.42. The normalized spacial score (nSPS) is 16.5. The molecule has 0 nitrogen and oxygen atoms in total. The SMILES string of the molecule is C=C(C)C(C)CS(Cl)(Cl)Cl. The van der Waals surface area contributed by atoms with Crippen LogP contribution in [0.15, 0.2) is 12.2 Å². The average molecular weight is 222 g/mol. The zero-order chi connectivity index (χ0) is 8.36. The standard InChI is InChI=1S/C6H11Cl3S/c1-5(2)6(3)4-10(7,8)9/h6H,1,4H2,2-3H3. The fraction of sp³-hybridized carbons (Fsp3) is 0.667. The van der Waals surface area contributed by atoms with Crippen molar-refractivity contribution in [3.8, 4) is 0 Å². The maximum atomic E-state index is 5.65. The Bertz CT molecular complexity index is 127. The molecule has 0 heterocycles. The van der Waals surface area contributed by atoms with E-state index in [9.17, 15) is 0 Å². The molecule has 0 radical (unpaired) electrons. The van der Waals surface area contributed by atoms with Crippen LogP contribution in [0.2, 0.25) is 0 Å². The van der Waals surface area contributed by atoms with Crippen LogP contribution in [-0.4, -0.2) is 5.75 Å². The van der Waals surface area contributed by atoms with Crippen LogP contribution in [0.5, 0.6) is 0 Å². The molecule has 0 aliphatic carbocycles. The Kier molecular flexibility index (Phi) is 4.50. The lowest BCUT2D eigenvalue weighted by atomic mass is 10.1. The van der Waals surface area contributed by atoms with Crippen molar-refractivity contribution in [2.24, 2.45) is 5.92 Å². The molecule has 0 amide bonds. The summed E-state index contributed by atoms with van der Waals surface area (Å²) in [7, 11) is 15.0.